The van der Waals surface area contributed by atoms with Crippen molar-refractivity contribution < 1.29 is 0 Å². The van der Waals surface area contributed by atoms with Gasteiger partial charge < -0.3 is 5.32 Å². The van der Waals surface area contributed by atoms with E-state index in [9.17, 15) is 0 Å². The third-order valence-electron chi connectivity index (χ3n) is 2.69. The Morgan fingerprint density at radius 2 is 2.21 bits per heavy atom. The maximum atomic E-state index is 6.06. The molecule has 1 aromatic rings. The summed E-state index contributed by atoms with van der Waals surface area (Å²) in [6.45, 7) is 7.88. The van der Waals surface area contributed by atoms with Gasteiger partial charge >= 0.3 is 0 Å². The first kappa shape index (κ1) is 10.5. The molecule has 0 saturated heterocycles. The molecular weight excluding hydrogens is 214 g/mol. The van der Waals surface area contributed by atoms with E-state index in [4.69, 9.17) is 11.6 Å². The molecule has 1 atom stereocenters. The van der Waals surface area contributed by atoms with Gasteiger partial charge in [0.1, 0.15) is 0 Å². The number of fused-ring (bicyclic) bond motifs is 1. The molecule has 3 heteroatoms. The molecule has 0 spiro atoms. The number of thiophene rings is 1. The summed E-state index contributed by atoms with van der Waals surface area (Å²) in [5.41, 5.74) is 1.68. The van der Waals surface area contributed by atoms with Gasteiger partial charge in [-0.25, -0.2) is 0 Å². The highest BCUT2D eigenvalue weighted by Crippen LogP contribution is 2.41. The SMILES string of the molecule is CC(C)(C)C1NCCc2sc(Cl)cc21. The summed E-state index contributed by atoms with van der Waals surface area (Å²) in [4.78, 5) is 1.47. The van der Waals surface area contributed by atoms with E-state index in [0.29, 0.717) is 6.04 Å². The quantitative estimate of drug-likeness (QED) is 0.717. The standard InChI is InChI=1S/C11H16ClNS/c1-11(2,3)10-7-6-9(12)14-8(7)4-5-13-10/h6,10,13H,4-5H2,1-3H3. The molecular formula is C11H16ClNS. The van der Waals surface area contributed by atoms with Gasteiger partial charge in [0, 0.05) is 17.5 Å². The van der Waals surface area contributed by atoms with Gasteiger partial charge in [0.2, 0.25) is 0 Å². The van der Waals surface area contributed by atoms with Crippen LogP contribution < -0.4 is 5.32 Å². The van der Waals surface area contributed by atoms with Gasteiger partial charge in [-0.15, -0.1) is 11.3 Å². The maximum absolute atomic E-state index is 6.06. The zero-order chi connectivity index (χ0) is 10.3. The molecule has 1 aliphatic rings. The van der Waals surface area contributed by atoms with Gasteiger partial charge in [-0.05, 0) is 23.5 Å². The Kier molecular flexibility index (Phi) is 2.63. The lowest BCUT2D eigenvalue weighted by Crippen LogP contribution is -2.37. The minimum atomic E-state index is 0.263. The predicted molar refractivity (Wildman–Crippen MR) is 63.2 cm³/mol. The van der Waals surface area contributed by atoms with Crippen molar-refractivity contribution in [2.75, 3.05) is 6.54 Å². The number of rotatable bonds is 0. The van der Waals surface area contributed by atoms with Crippen molar-refractivity contribution in [2.24, 2.45) is 5.41 Å². The van der Waals surface area contributed by atoms with Crippen LogP contribution in [0.25, 0.3) is 0 Å². The van der Waals surface area contributed by atoms with Crippen LogP contribution in [-0.4, -0.2) is 6.54 Å². The van der Waals surface area contributed by atoms with Gasteiger partial charge in [-0.2, -0.15) is 0 Å². The summed E-state index contributed by atoms with van der Waals surface area (Å²) in [6, 6.07) is 2.58. The molecule has 0 aromatic carbocycles. The van der Waals surface area contributed by atoms with E-state index in [-0.39, 0.29) is 5.41 Å². The van der Waals surface area contributed by atoms with E-state index in [2.05, 4.69) is 32.2 Å². The molecule has 78 valence electrons. The topological polar surface area (TPSA) is 12.0 Å². The lowest BCUT2D eigenvalue weighted by molar-refractivity contribution is 0.265. The molecule has 2 heterocycles. The first-order valence-electron chi connectivity index (χ1n) is 5.00. The number of nitrogens with one attached hydrogen (secondary N) is 1. The molecule has 1 N–H and O–H groups in total. The fourth-order valence-electron chi connectivity index (χ4n) is 2.06. The Morgan fingerprint density at radius 1 is 1.50 bits per heavy atom. The Morgan fingerprint density at radius 3 is 2.86 bits per heavy atom. The molecule has 0 fully saturated rings. The molecule has 0 aliphatic carbocycles. The van der Waals surface area contributed by atoms with E-state index in [0.717, 1.165) is 17.3 Å². The van der Waals surface area contributed by atoms with Gasteiger partial charge in [0.15, 0.2) is 0 Å². The highest BCUT2D eigenvalue weighted by atomic mass is 35.5. The fraction of sp³-hybridized carbons (Fsp3) is 0.636. The summed E-state index contributed by atoms with van der Waals surface area (Å²) >= 11 is 7.79. The molecule has 1 unspecified atom stereocenters. The number of hydrogen-bond acceptors (Lipinski definition) is 2. The van der Waals surface area contributed by atoms with Gasteiger partial charge in [-0.1, -0.05) is 32.4 Å². The van der Waals surface area contributed by atoms with Crippen LogP contribution in [0.15, 0.2) is 6.07 Å². The minimum Gasteiger partial charge on any atom is -0.309 e. The zero-order valence-corrected chi connectivity index (χ0v) is 10.4. The summed E-state index contributed by atoms with van der Waals surface area (Å²) in [5.74, 6) is 0. The Bertz CT molecular complexity index is 338. The minimum absolute atomic E-state index is 0.263. The van der Waals surface area contributed by atoms with Gasteiger partial charge in [0.05, 0.1) is 4.34 Å². The Balaban J connectivity index is 2.40. The predicted octanol–water partition coefficient (Wildman–Crippen LogP) is 3.63. The highest BCUT2D eigenvalue weighted by molar-refractivity contribution is 7.16. The third-order valence-corrected chi connectivity index (χ3v) is 4.03. The Hall–Kier alpha value is -0.0500. The summed E-state index contributed by atoms with van der Waals surface area (Å²) in [7, 11) is 0. The normalized spacial score (nSPS) is 22.1. The molecule has 0 saturated carbocycles. The average Bonchev–Trinajstić information content (AvgIpc) is 2.41. The van der Waals surface area contributed by atoms with Crippen LogP contribution in [0.5, 0.6) is 0 Å². The van der Waals surface area contributed by atoms with Crippen molar-refractivity contribution in [1.29, 1.82) is 0 Å². The monoisotopic (exact) mass is 229 g/mol. The van der Waals surface area contributed by atoms with Crippen molar-refractivity contribution in [2.45, 2.75) is 33.2 Å². The lowest BCUT2D eigenvalue weighted by atomic mass is 9.81. The smallest absolute Gasteiger partial charge is 0.0934 e. The molecule has 0 bridgehead atoms. The van der Waals surface area contributed by atoms with Crippen molar-refractivity contribution in [3.05, 3.63) is 20.8 Å². The summed E-state index contributed by atoms with van der Waals surface area (Å²) in [6.07, 6.45) is 1.12. The van der Waals surface area contributed by atoms with Crippen LogP contribution in [0.2, 0.25) is 4.34 Å². The van der Waals surface area contributed by atoms with Gasteiger partial charge in [-0.3, -0.25) is 0 Å². The Labute approximate surface area is 94.5 Å². The molecule has 0 amide bonds. The molecule has 1 aromatic heterocycles. The molecule has 1 aliphatic heterocycles. The maximum Gasteiger partial charge on any atom is 0.0934 e. The second-order valence-corrected chi connectivity index (χ2v) is 6.70. The number of halogens is 1. The molecule has 0 radical (unpaired) electrons. The van der Waals surface area contributed by atoms with Crippen molar-refractivity contribution in [1.82, 2.24) is 5.32 Å². The van der Waals surface area contributed by atoms with Crippen LogP contribution in [0, 0.1) is 5.41 Å². The largest absolute Gasteiger partial charge is 0.309 e. The second-order valence-electron chi connectivity index (χ2n) is 4.93. The fourth-order valence-corrected chi connectivity index (χ4v) is 3.38. The molecule has 1 nitrogen and oxygen atoms in total. The van der Waals surface area contributed by atoms with Crippen molar-refractivity contribution >= 4 is 22.9 Å². The second kappa shape index (κ2) is 3.51. The van der Waals surface area contributed by atoms with Crippen LogP contribution in [0.1, 0.15) is 37.3 Å². The summed E-state index contributed by atoms with van der Waals surface area (Å²) < 4.78 is 0.924. The molecule has 2 rings (SSSR count). The van der Waals surface area contributed by atoms with Crippen LogP contribution in [-0.2, 0) is 6.42 Å². The summed E-state index contributed by atoms with van der Waals surface area (Å²) in [5, 5.41) is 3.58. The van der Waals surface area contributed by atoms with Crippen LogP contribution >= 0.6 is 22.9 Å². The lowest BCUT2D eigenvalue weighted by Gasteiger charge is -2.35. The average molecular weight is 230 g/mol. The first-order valence-corrected chi connectivity index (χ1v) is 6.19. The van der Waals surface area contributed by atoms with Gasteiger partial charge in [0.25, 0.3) is 0 Å². The van der Waals surface area contributed by atoms with E-state index in [1.807, 2.05) is 0 Å². The van der Waals surface area contributed by atoms with E-state index in [1.54, 1.807) is 11.3 Å². The third kappa shape index (κ3) is 1.83. The first-order chi connectivity index (χ1) is 6.48. The van der Waals surface area contributed by atoms with Crippen LogP contribution in [0.3, 0.4) is 0 Å². The highest BCUT2D eigenvalue weighted by Gasteiger charge is 2.31. The van der Waals surface area contributed by atoms with E-state index in [1.165, 1.54) is 10.4 Å². The molecule has 14 heavy (non-hydrogen) atoms. The zero-order valence-electron chi connectivity index (χ0n) is 8.86. The number of hydrogen-bond donors (Lipinski definition) is 1. The van der Waals surface area contributed by atoms with Crippen molar-refractivity contribution in [3.63, 3.8) is 0 Å². The van der Waals surface area contributed by atoms with Crippen LogP contribution in [0.4, 0.5) is 0 Å². The van der Waals surface area contributed by atoms with E-state index < -0.39 is 0 Å². The van der Waals surface area contributed by atoms with Crippen molar-refractivity contribution in [3.8, 4) is 0 Å². The van der Waals surface area contributed by atoms with E-state index >= 15 is 0 Å².